The number of aryl methyl sites for hydroxylation is 2. The molecule has 0 saturated heterocycles. The Hall–Kier alpha value is -2.77. The highest BCUT2D eigenvalue weighted by atomic mass is 35.5. The molecular formula is C20H17ClN6S. The van der Waals surface area contributed by atoms with Crippen LogP contribution in [0.4, 0.5) is 0 Å². The highest BCUT2D eigenvalue weighted by Gasteiger charge is 2.19. The summed E-state index contributed by atoms with van der Waals surface area (Å²) in [6, 6.07) is 11.6. The van der Waals surface area contributed by atoms with E-state index in [0.717, 1.165) is 39.2 Å². The van der Waals surface area contributed by atoms with Crippen molar-refractivity contribution in [3.8, 4) is 17.1 Å². The van der Waals surface area contributed by atoms with E-state index in [-0.39, 0.29) is 0 Å². The average molecular weight is 409 g/mol. The first kappa shape index (κ1) is 18.6. The predicted octanol–water partition coefficient (Wildman–Crippen LogP) is 4.85. The maximum atomic E-state index is 6.39. The Morgan fingerprint density at radius 1 is 0.964 bits per heavy atom. The van der Waals surface area contributed by atoms with Gasteiger partial charge in [-0.3, -0.25) is 9.55 Å². The fourth-order valence-electron chi connectivity index (χ4n) is 2.91. The Labute approximate surface area is 172 Å². The molecule has 0 N–H and O–H groups in total. The molecule has 3 aromatic heterocycles. The maximum absolute atomic E-state index is 6.39. The molecule has 0 atom stereocenters. The topological polar surface area (TPSA) is 69.4 Å². The summed E-state index contributed by atoms with van der Waals surface area (Å²) in [7, 11) is 0. The summed E-state index contributed by atoms with van der Waals surface area (Å²) in [5.74, 6) is 1.44. The maximum Gasteiger partial charge on any atom is 0.202 e. The normalized spacial score (nSPS) is 11.0. The van der Waals surface area contributed by atoms with Gasteiger partial charge in [0.25, 0.3) is 0 Å². The molecule has 140 valence electrons. The van der Waals surface area contributed by atoms with Gasteiger partial charge in [-0.05, 0) is 68.4 Å². The van der Waals surface area contributed by atoms with Gasteiger partial charge in [0.1, 0.15) is 10.9 Å². The van der Waals surface area contributed by atoms with E-state index in [2.05, 4.69) is 25.1 Å². The minimum absolute atomic E-state index is 0.691. The van der Waals surface area contributed by atoms with Gasteiger partial charge in [0.05, 0.1) is 5.69 Å². The summed E-state index contributed by atoms with van der Waals surface area (Å²) in [5, 5.41) is 11.1. The van der Waals surface area contributed by atoms with Crippen LogP contribution in [0, 0.1) is 20.8 Å². The van der Waals surface area contributed by atoms with Crippen molar-refractivity contribution < 1.29 is 0 Å². The Morgan fingerprint density at radius 3 is 2.50 bits per heavy atom. The Bertz CT molecular complexity index is 1120. The molecule has 0 saturated carbocycles. The van der Waals surface area contributed by atoms with Crippen molar-refractivity contribution in [1.82, 2.24) is 29.7 Å². The fourth-order valence-corrected chi connectivity index (χ4v) is 4.03. The molecule has 3 heterocycles. The highest BCUT2D eigenvalue weighted by molar-refractivity contribution is 7.99. The summed E-state index contributed by atoms with van der Waals surface area (Å²) < 4.78 is 2.01. The van der Waals surface area contributed by atoms with Gasteiger partial charge in [0.15, 0.2) is 5.82 Å². The number of hydrogen-bond acceptors (Lipinski definition) is 6. The van der Waals surface area contributed by atoms with Crippen LogP contribution in [0.3, 0.4) is 0 Å². The van der Waals surface area contributed by atoms with Crippen LogP contribution in [-0.4, -0.2) is 29.7 Å². The van der Waals surface area contributed by atoms with E-state index in [1.807, 2.05) is 61.7 Å². The molecule has 0 spiro atoms. The molecule has 6 nitrogen and oxygen atoms in total. The lowest BCUT2D eigenvalue weighted by atomic mass is 10.2. The van der Waals surface area contributed by atoms with E-state index in [1.165, 1.54) is 11.8 Å². The second-order valence-electron chi connectivity index (χ2n) is 6.26. The van der Waals surface area contributed by atoms with Crippen LogP contribution in [0.5, 0.6) is 0 Å². The van der Waals surface area contributed by atoms with Crippen molar-refractivity contribution in [2.45, 2.75) is 31.0 Å². The molecule has 0 aliphatic heterocycles. The van der Waals surface area contributed by atoms with Crippen molar-refractivity contribution >= 4 is 23.4 Å². The number of nitrogens with zero attached hydrogens (tertiary/aromatic N) is 6. The van der Waals surface area contributed by atoms with Crippen molar-refractivity contribution in [3.63, 3.8) is 0 Å². The van der Waals surface area contributed by atoms with Gasteiger partial charge in [0.2, 0.25) is 5.16 Å². The number of rotatable bonds is 4. The molecule has 28 heavy (non-hydrogen) atoms. The van der Waals surface area contributed by atoms with Gasteiger partial charge in [-0.1, -0.05) is 17.7 Å². The largest absolute Gasteiger partial charge is 0.269 e. The first-order valence-electron chi connectivity index (χ1n) is 8.64. The Kier molecular flexibility index (Phi) is 5.11. The molecule has 4 rings (SSSR count). The minimum Gasteiger partial charge on any atom is -0.269 e. The summed E-state index contributed by atoms with van der Waals surface area (Å²) in [4.78, 5) is 13.0. The van der Waals surface area contributed by atoms with E-state index in [4.69, 9.17) is 11.6 Å². The summed E-state index contributed by atoms with van der Waals surface area (Å²) in [6.45, 7) is 5.82. The summed E-state index contributed by atoms with van der Waals surface area (Å²) in [6.07, 6.45) is 3.48. The van der Waals surface area contributed by atoms with Gasteiger partial charge in [-0.25, -0.2) is 9.97 Å². The Balaban J connectivity index is 1.90. The van der Waals surface area contributed by atoms with Crippen LogP contribution < -0.4 is 0 Å². The lowest BCUT2D eigenvalue weighted by Crippen LogP contribution is -2.03. The quantitative estimate of drug-likeness (QED) is 0.449. The molecule has 0 unspecified atom stereocenters. The molecular weight excluding hydrogens is 392 g/mol. The van der Waals surface area contributed by atoms with Crippen molar-refractivity contribution in [1.29, 1.82) is 0 Å². The molecule has 0 amide bonds. The molecule has 0 fully saturated rings. The predicted molar refractivity (Wildman–Crippen MR) is 110 cm³/mol. The van der Waals surface area contributed by atoms with Gasteiger partial charge in [0, 0.05) is 28.7 Å². The van der Waals surface area contributed by atoms with Gasteiger partial charge in [-0.2, -0.15) is 0 Å². The van der Waals surface area contributed by atoms with Gasteiger partial charge >= 0.3 is 0 Å². The van der Waals surface area contributed by atoms with E-state index in [0.29, 0.717) is 10.2 Å². The second kappa shape index (κ2) is 7.69. The number of aromatic nitrogens is 6. The van der Waals surface area contributed by atoms with Gasteiger partial charge in [-0.15, -0.1) is 10.2 Å². The smallest absolute Gasteiger partial charge is 0.202 e. The summed E-state index contributed by atoms with van der Waals surface area (Å²) >= 11 is 7.84. The Morgan fingerprint density at radius 2 is 1.75 bits per heavy atom. The standard InChI is InChI=1S/C20H17ClN6S/c1-12-11-18(24-14(3)23-12)28-20-26-25-19(15-7-9-22-10-8-15)27(20)17-6-4-5-16(21)13(17)2/h4-11H,1-3H3. The molecule has 0 radical (unpaired) electrons. The molecule has 1 aromatic carbocycles. The second-order valence-corrected chi connectivity index (χ2v) is 7.65. The molecule has 0 aliphatic carbocycles. The zero-order valence-corrected chi connectivity index (χ0v) is 17.2. The van der Waals surface area contributed by atoms with E-state index >= 15 is 0 Å². The van der Waals surface area contributed by atoms with Crippen LogP contribution in [0.2, 0.25) is 5.02 Å². The number of halogens is 1. The highest BCUT2D eigenvalue weighted by Crippen LogP contribution is 2.34. The number of hydrogen-bond donors (Lipinski definition) is 0. The monoisotopic (exact) mass is 408 g/mol. The van der Waals surface area contributed by atoms with Crippen LogP contribution in [0.25, 0.3) is 17.1 Å². The van der Waals surface area contributed by atoms with Crippen LogP contribution >= 0.6 is 23.4 Å². The summed E-state index contributed by atoms with van der Waals surface area (Å²) in [5.41, 5.74) is 3.71. The van der Waals surface area contributed by atoms with Crippen LogP contribution in [0.1, 0.15) is 17.1 Å². The molecule has 0 bridgehead atoms. The lowest BCUT2D eigenvalue weighted by Gasteiger charge is -2.13. The van der Waals surface area contributed by atoms with Crippen molar-refractivity contribution in [3.05, 3.63) is 70.9 Å². The first-order valence-corrected chi connectivity index (χ1v) is 9.84. The molecule has 0 aliphatic rings. The van der Waals surface area contributed by atoms with Crippen molar-refractivity contribution in [2.75, 3.05) is 0 Å². The van der Waals surface area contributed by atoms with E-state index in [9.17, 15) is 0 Å². The van der Waals surface area contributed by atoms with Crippen LogP contribution in [-0.2, 0) is 0 Å². The number of pyridine rings is 1. The molecule has 4 aromatic rings. The fraction of sp³-hybridized carbons (Fsp3) is 0.150. The van der Waals surface area contributed by atoms with Gasteiger partial charge < -0.3 is 0 Å². The minimum atomic E-state index is 0.691. The lowest BCUT2D eigenvalue weighted by molar-refractivity contribution is 0.870. The van der Waals surface area contributed by atoms with Crippen LogP contribution in [0.15, 0.2) is 59.0 Å². The van der Waals surface area contributed by atoms with Crippen molar-refractivity contribution in [2.24, 2.45) is 0 Å². The average Bonchev–Trinajstić information content (AvgIpc) is 3.07. The zero-order chi connectivity index (χ0) is 19.7. The van der Waals surface area contributed by atoms with E-state index in [1.54, 1.807) is 12.4 Å². The third-order valence-electron chi connectivity index (χ3n) is 4.19. The first-order chi connectivity index (χ1) is 13.5. The van der Waals surface area contributed by atoms with E-state index < -0.39 is 0 Å². The third kappa shape index (κ3) is 3.63. The number of benzene rings is 1. The molecule has 8 heteroatoms. The third-order valence-corrected chi connectivity index (χ3v) is 5.46. The zero-order valence-electron chi connectivity index (χ0n) is 15.6. The SMILES string of the molecule is Cc1cc(Sc2nnc(-c3ccncc3)n2-c2cccc(Cl)c2C)nc(C)n1.